The van der Waals surface area contributed by atoms with Gasteiger partial charge in [-0.15, -0.1) is 24.0 Å². The van der Waals surface area contributed by atoms with Crippen LogP contribution in [0, 0.1) is 17.1 Å². The number of hydrogen-bond donors (Lipinski definition) is 1. The molecular weight excluding hydrogens is 217 g/mol. The van der Waals surface area contributed by atoms with E-state index in [2.05, 4.69) is 18.7 Å². The van der Waals surface area contributed by atoms with Crippen LogP contribution in [0.4, 0.5) is 4.39 Å². The van der Waals surface area contributed by atoms with Crippen molar-refractivity contribution in [3.8, 4) is 6.07 Å². The van der Waals surface area contributed by atoms with Crippen LogP contribution in [-0.2, 0) is 6.42 Å². The molecule has 0 saturated heterocycles. The van der Waals surface area contributed by atoms with E-state index in [1.807, 2.05) is 0 Å². The van der Waals surface area contributed by atoms with Crippen LogP contribution in [0.5, 0.6) is 0 Å². The minimum absolute atomic E-state index is 0.225. The lowest BCUT2D eigenvalue weighted by molar-refractivity contribution is 0.644. The highest BCUT2D eigenvalue weighted by Crippen LogP contribution is 2.31. The van der Waals surface area contributed by atoms with E-state index in [-0.39, 0.29) is 12.2 Å². The number of fused-ring (bicyclic) bond motifs is 1. The molecule has 1 aromatic heterocycles. The smallest absolute Gasteiger partial charge is 0.141 e. The molecule has 0 fully saturated rings. The third-order valence-corrected chi connectivity index (χ3v) is 3.47. The molecule has 0 N–H and O–H groups in total. The maximum Gasteiger partial charge on any atom is 0.141 e. The van der Waals surface area contributed by atoms with Crippen molar-refractivity contribution in [3.63, 3.8) is 0 Å². The van der Waals surface area contributed by atoms with E-state index < -0.39 is 0 Å². The molecule has 2 rings (SSSR count). The van der Waals surface area contributed by atoms with Gasteiger partial charge in [0.1, 0.15) is 5.82 Å². The third-order valence-electron chi connectivity index (χ3n) is 2.03. The molecule has 1 aromatic carbocycles. The van der Waals surface area contributed by atoms with E-state index in [0.29, 0.717) is 5.39 Å². The maximum absolute atomic E-state index is 13.2. The summed E-state index contributed by atoms with van der Waals surface area (Å²) in [7, 11) is 0. The highest BCUT2D eigenvalue weighted by Gasteiger charge is 2.09. The minimum Gasteiger partial charge on any atom is -0.205 e. The van der Waals surface area contributed by atoms with E-state index in [1.54, 1.807) is 12.1 Å². The summed E-state index contributed by atoms with van der Waals surface area (Å²) in [4.78, 5) is 0.751. The summed E-state index contributed by atoms with van der Waals surface area (Å²) in [6.07, 6.45) is 0.274. The van der Waals surface area contributed by atoms with Gasteiger partial charge < -0.3 is 0 Å². The van der Waals surface area contributed by atoms with Crippen molar-refractivity contribution in [3.05, 3.63) is 28.9 Å². The monoisotopic (exact) mass is 223 g/mol. The molecular formula is C10H6FNS2. The highest BCUT2D eigenvalue weighted by atomic mass is 32.1. The number of halogens is 1. The Kier molecular flexibility index (Phi) is 2.44. The lowest BCUT2D eigenvalue weighted by Gasteiger charge is -2.01. The van der Waals surface area contributed by atoms with Crippen LogP contribution in [-0.4, -0.2) is 0 Å². The van der Waals surface area contributed by atoms with Crippen molar-refractivity contribution in [2.75, 3.05) is 0 Å². The van der Waals surface area contributed by atoms with Gasteiger partial charge in [-0.2, -0.15) is 5.26 Å². The van der Waals surface area contributed by atoms with Gasteiger partial charge in [-0.05, 0) is 17.7 Å². The van der Waals surface area contributed by atoms with E-state index >= 15 is 0 Å². The number of thiophene rings is 1. The Labute approximate surface area is 90.2 Å². The van der Waals surface area contributed by atoms with Gasteiger partial charge in [0.2, 0.25) is 0 Å². The number of benzene rings is 1. The van der Waals surface area contributed by atoms with Crippen LogP contribution in [0.2, 0.25) is 0 Å². The Hall–Kier alpha value is -1.05. The molecule has 0 radical (unpaired) electrons. The van der Waals surface area contributed by atoms with Crippen LogP contribution in [0.3, 0.4) is 0 Å². The molecule has 1 heterocycles. The Morgan fingerprint density at radius 1 is 1.50 bits per heavy atom. The average molecular weight is 223 g/mol. The molecule has 0 bridgehead atoms. The zero-order valence-electron chi connectivity index (χ0n) is 7.12. The summed E-state index contributed by atoms with van der Waals surface area (Å²) in [6, 6.07) is 5.49. The lowest BCUT2D eigenvalue weighted by atomic mass is 10.1. The summed E-state index contributed by atoms with van der Waals surface area (Å²) in [6.45, 7) is 0. The molecule has 1 nitrogen and oxygen atoms in total. The van der Waals surface area contributed by atoms with Gasteiger partial charge in [-0.25, -0.2) is 4.39 Å². The first kappa shape index (κ1) is 9.50. The maximum atomic E-state index is 13.2. The fraction of sp³-hybridized carbons (Fsp3) is 0.100. The van der Waals surface area contributed by atoms with Crippen molar-refractivity contribution in [1.29, 1.82) is 5.26 Å². The predicted molar refractivity (Wildman–Crippen MR) is 58.4 cm³/mol. The van der Waals surface area contributed by atoms with Crippen molar-refractivity contribution in [2.45, 2.75) is 11.3 Å². The second-order valence-corrected chi connectivity index (χ2v) is 4.22. The summed E-state index contributed by atoms with van der Waals surface area (Å²) in [5.74, 6) is -0.225. The van der Waals surface area contributed by atoms with E-state index in [9.17, 15) is 4.39 Å². The zero-order valence-corrected chi connectivity index (χ0v) is 8.83. The molecule has 0 amide bonds. The lowest BCUT2D eigenvalue weighted by Crippen LogP contribution is -1.84. The van der Waals surface area contributed by atoms with E-state index in [4.69, 9.17) is 5.26 Å². The number of nitrogens with zero attached hydrogens (tertiary/aromatic N) is 1. The van der Waals surface area contributed by atoms with E-state index in [0.717, 1.165) is 15.2 Å². The normalized spacial score (nSPS) is 10.4. The van der Waals surface area contributed by atoms with Gasteiger partial charge in [0, 0.05) is 20.4 Å². The molecule has 0 aliphatic rings. The van der Waals surface area contributed by atoms with Crippen LogP contribution in [0.15, 0.2) is 22.4 Å². The fourth-order valence-electron chi connectivity index (χ4n) is 1.36. The Morgan fingerprint density at radius 2 is 2.29 bits per heavy atom. The highest BCUT2D eigenvalue weighted by molar-refractivity contribution is 7.80. The summed E-state index contributed by atoms with van der Waals surface area (Å²) < 4.78 is 14.0. The number of thiol groups is 1. The molecule has 0 spiro atoms. The largest absolute Gasteiger partial charge is 0.205 e. The SMILES string of the molecule is N#CCc1c(S)ccc2c(F)csc12. The number of nitriles is 1. The molecule has 14 heavy (non-hydrogen) atoms. The molecule has 70 valence electrons. The summed E-state index contributed by atoms with van der Waals surface area (Å²) in [5, 5.41) is 10.7. The van der Waals surface area contributed by atoms with Crippen molar-refractivity contribution in [1.82, 2.24) is 0 Å². The molecule has 0 saturated carbocycles. The van der Waals surface area contributed by atoms with Gasteiger partial charge in [-0.3, -0.25) is 0 Å². The molecule has 0 atom stereocenters. The fourth-order valence-corrected chi connectivity index (χ4v) is 2.67. The van der Waals surface area contributed by atoms with Gasteiger partial charge >= 0.3 is 0 Å². The van der Waals surface area contributed by atoms with Crippen LogP contribution < -0.4 is 0 Å². The third kappa shape index (κ3) is 1.39. The van der Waals surface area contributed by atoms with Crippen LogP contribution in [0.1, 0.15) is 5.56 Å². The van der Waals surface area contributed by atoms with Crippen LogP contribution >= 0.6 is 24.0 Å². The number of hydrogen-bond acceptors (Lipinski definition) is 3. The summed E-state index contributed by atoms with van der Waals surface area (Å²) >= 11 is 5.57. The topological polar surface area (TPSA) is 23.8 Å². The second kappa shape index (κ2) is 3.60. The quantitative estimate of drug-likeness (QED) is 0.736. The minimum atomic E-state index is -0.225. The number of rotatable bonds is 1. The van der Waals surface area contributed by atoms with Gasteiger partial charge in [0.15, 0.2) is 0 Å². The average Bonchev–Trinajstić information content (AvgIpc) is 2.53. The molecule has 4 heteroatoms. The van der Waals surface area contributed by atoms with E-state index in [1.165, 1.54) is 16.7 Å². The van der Waals surface area contributed by atoms with Crippen LogP contribution in [0.25, 0.3) is 10.1 Å². The molecule has 0 unspecified atom stereocenters. The van der Waals surface area contributed by atoms with Gasteiger partial charge in [0.05, 0.1) is 12.5 Å². The molecule has 0 aliphatic heterocycles. The van der Waals surface area contributed by atoms with Gasteiger partial charge in [0.25, 0.3) is 0 Å². The van der Waals surface area contributed by atoms with Gasteiger partial charge in [-0.1, -0.05) is 0 Å². The Balaban J connectivity index is 2.78. The first-order valence-corrected chi connectivity index (χ1v) is 5.31. The molecule has 2 aromatic rings. The molecule has 0 aliphatic carbocycles. The first-order valence-electron chi connectivity index (χ1n) is 3.98. The Morgan fingerprint density at radius 3 is 3.00 bits per heavy atom. The Bertz CT molecular complexity index is 525. The standard InChI is InChI=1S/C10H6FNS2/c11-8-5-14-10-6(8)1-2-9(13)7(10)3-4-12/h1-2,5,13H,3H2. The summed E-state index contributed by atoms with van der Waals surface area (Å²) in [5.41, 5.74) is 0.822. The second-order valence-electron chi connectivity index (χ2n) is 2.86. The zero-order chi connectivity index (χ0) is 10.1. The first-order chi connectivity index (χ1) is 6.74. The van der Waals surface area contributed by atoms with Crippen molar-refractivity contribution >= 4 is 34.1 Å². The van der Waals surface area contributed by atoms with Crippen molar-refractivity contribution in [2.24, 2.45) is 0 Å². The van der Waals surface area contributed by atoms with Crippen molar-refractivity contribution < 1.29 is 4.39 Å². The predicted octanol–water partition coefficient (Wildman–Crippen LogP) is 3.40.